The molecule has 2 N–H and O–H groups in total. The minimum atomic E-state index is -0.123. The lowest BCUT2D eigenvalue weighted by atomic mass is 10.2. The molecule has 0 aliphatic heterocycles. The Morgan fingerprint density at radius 1 is 1.41 bits per heavy atom. The van der Waals surface area contributed by atoms with Crippen LogP contribution in [0.5, 0.6) is 0 Å². The molecule has 4 nitrogen and oxygen atoms in total. The molecule has 0 aliphatic carbocycles. The molecule has 2 atom stereocenters. The molecule has 0 aromatic carbocycles. The predicted molar refractivity (Wildman–Crippen MR) is 74.5 cm³/mol. The van der Waals surface area contributed by atoms with Crippen LogP contribution < -0.4 is 10.6 Å². The molecule has 0 bridgehead atoms. The van der Waals surface area contributed by atoms with Crippen molar-refractivity contribution in [1.82, 2.24) is 10.6 Å². The molecule has 0 radical (unpaired) electrons. The summed E-state index contributed by atoms with van der Waals surface area (Å²) in [5.41, 5.74) is 0. The van der Waals surface area contributed by atoms with E-state index in [0.29, 0.717) is 19.1 Å². The molecule has 0 spiro atoms. The van der Waals surface area contributed by atoms with Crippen LogP contribution in [0.2, 0.25) is 0 Å². The van der Waals surface area contributed by atoms with E-state index in [4.69, 9.17) is 4.74 Å². The zero-order chi connectivity index (χ0) is 13.1. The third-order valence-electron chi connectivity index (χ3n) is 2.44. The third-order valence-corrected chi connectivity index (χ3v) is 3.34. The number of methoxy groups -OCH3 is 1. The Labute approximate surface area is 109 Å². The van der Waals surface area contributed by atoms with Gasteiger partial charge >= 0.3 is 0 Å². The summed E-state index contributed by atoms with van der Waals surface area (Å²) in [6.45, 7) is 6.34. The first kappa shape index (κ1) is 16.7. The molecule has 0 saturated carbocycles. The van der Waals surface area contributed by atoms with Gasteiger partial charge < -0.3 is 15.4 Å². The fourth-order valence-electron chi connectivity index (χ4n) is 1.40. The lowest BCUT2D eigenvalue weighted by Crippen LogP contribution is -2.44. The Balaban J connectivity index is 3.59. The van der Waals surface area contributed by atoms with Gasteiger partial charge in [-0.25, -0.2) is 0 Å². The first-order valence-corrected chi connectivity index (χ1v) is 7.50. The van der Waals surface area contributed by atoms with Crippen LogP contribution in [0, 0.1) is 5.92 Å². The monoisotopic (exact) mass is 262 g/mol. The van der Waals surface area contributed by atoms with E-state index in [2.05, 4.69) is 23.8 Å². The van der Waals surface area contributed by atoms with Gasteiger partial charge in [0.1, 0.15) is 0 Å². The Bertz CT molecular complexity index is 203. The van der Waals surface area contributed by atoms with Crippen molar-refractivity contribution in [2.45, 2.75) is 26.3 Å². The van der Waals surface area contributed by atoms with Crippen molar-refractivity contribution in [1.29, 1.82) is 0 Å². The van der Waals surface area contributed by atoms with Crippen molar-refractivity contribution in [2.75, 3.05) is 38.8 Å². The van der Waals surface area contributed by atoms with Crippen LogP contribution in [0.15, 0.2) is 0 Å². The maximum absolute atomic E-state index is 11.7. The summed E-state index contributed by atoms with van der Waals surface area (Å²) in [6, 6.07) is -0.123. The maximum atomic E-state index is 11.7. The summed E-state index contributed by atoms with van der Waals surface area (Å²) in [7, 11) is 1.67. The van der Waals surface area contributed by atoms with Gasteiger partial charge in [0.15, 0.2) is 0 Å². The largest absolute Gasteiger partial charge is 0.385 e. The summed E-state index contributed by atoms with van der Waals surface area (Å²) in [5.74, 6) is 1.78. The fourth-order valence-corrected chi connectivity index (χ4v) is 2.08. The van der Waals surface area contributed by atoms with Gasteiger partial charge in [-0.15, -0.1) is 0 Å². The Hall–Kier alpha value is -0.260. The van der Waals surface area contributed by atoms with Crippen LogP contribution in [0.25, 0.3) is 0 Å². The van der Waals surface area contributed by atoms with E-state index >= 15 is 0 Å². The van der Waals surface area contributed by atoms with Gasteiger partial charge in [-0.1, -0.05) is 6.92 Å². The first-order chi connectivity index (χ1) is 8.11. The van der Waals surface area contributed by atoms with Gasteiger partial charge in [0.05, 0.1) is 6.04 Å². The van der Waals surface area contributed by atoms with E-state index in [1.165, 1.54) is 0 Å². The quantitative estimate of drug-likeness (QED) is 0.579. The lowest BCUT2D eigenvalue weighted by molar-refractivity contribution is -0.122. The summed E-state index contributed by atoms with van der Waals surface area (Å²) in [6.07, 6.45) is 2.96. The number of hydrogen-bond donors (Lipinski definition) is 2. The Morgan fingerprint density at radius 2 is 2.12 bits per heavy atom. The molecule has 0 aromatic heterocycles. The molecule has 102 valence electrons. The second-order valence-electron chi connectivity index (χ2n) is 4.33. The van der Waals surface area contributed by atoms with Crippen LogP contribution >= 0.6 is 11.8 Å². The number of carbonyl (C=O) groups excluding carboxylic acids is 1. The van der Waals surface area contributed by atoms with Crippen LogP contribution in [0.1, 0.15) is 20.3 Å². The van der Waals surface area contributed by atoms with Gasteiger partial charge in [-0.05, 0) is 37.8 Å². The number of thioether (sulfide) groups is 1. The minimum Gasteiger partial charge on any atom is -0.385 e. The van der Waals surface area contributed by atoms with Gasteiger partial charge in [0.2, 0.25) is 5.91 Å². The fraction of sp³-hybridized carbons (Fsp3) is 0.917. The molecule has 0 aliphatic rings. The number of nitrogens with one attached hydrogen (secondary N) is 2. The molecule has 0 fully saturated rings. The lowest BCUT2D eigenvalue weighted by Gasteiger charge is -2.17. The van der Waals surface area contributed by atoms with E-state index in [9.17, 15) is 4.79 Å². The zero-order valence-electron chi connectivity index (χ0n) is 11.4. The van der Waals surface area contributed by atoms with E-state index in [-0.39, 0.29) is 11.9 Å². The highest BCUT2D eigenvalue weighted by atomic mass is 32.2. The van der Waals surface area contributed by atoms with Crippen LogP contribution in [-0.2, 0) is 9.53 Å². The summed E-state index contributed by atoms with van der Waals surface area (Å²) in [5, 5.41) is 6.14. The molecule has 0 saturated heterocycles. The van der Waals surface area contributed by atoms with Crippen molar-refractivity contribution in [3.8, 4) is 0 Å². The molecule has 0 rings (SSSR count). The average molecular weight is 262 g/mol. The second kappa shape index (κ2) is 10.9. The van der Waals surface area contributed by atoms with Gasteiger partial charge in [0, 0.05) is 20.3 Å². The predicted octanol–water partition coefficient (Wildman–Crippen LogP) is 1.12. The first-order valence-electron chi connectivity index (χ1n) is 6.10. The highest BCUT2D eigenvalue weighted by Crippen LogP contribution is 2.02. The summed E-state index contributed by atoms with van der Waals surface area (Å²) >= 11 is 1.83. The molecule has 2 unspecified atom stereocenters. The summed E-state index contributed by atoms with van der Waals surface area (Å²) < 4.78 is 4.92. The zero-order valence-corrected chi connectivity index (χ0v) is 12.2. The van der Waals surface area contributed by atoms with E-state index in [1.54, 1.807) is 7.11 Å². The standard InChI is InChI=1S/C12H26N2O2S/c1-10(9-17-4)8-14-11(2)12(15)13-6-5-7-16-3/h10-11,14H,5-9H2,1-4H3,(H,13,15). The molecule has 0 aromatic rings. The van der Waals surface area contributed by atoms with Gasteiger partial charge in [-0.3, -0.25) is 4.79 Å². The average Bonchev–Trinajstić information content (AvgIpc) is 2.31. The third kappa shape index (κ3) is 9.44. The molecule has 17 heavy (non-hydrogen) atoms. The number of ether oxygens (including phenoxy) is 1. The van der Waals surface area contributed by atoms with Crippen molar-refractivity contribution < 1.29 is 9.53 Å². The van der Waals surface area contributed by atoms with Crippen LogP contribution in [-0.4, -0.2) is 50.8 Å². The van der Waals surface area contributed by atoms with Crippen molar-refractivity contribution in [2.24, 2.45) is 5.92 Å². The van der Waals surface area contributed by atoms with Crippen molar-refractivity contribution >= 4 is 17.7 Å². The van der Waals surface area contributed by atoms with Crippen molar-refractivity contribution in [3.63, 3.8) is 0 Å². The maximum Gasteiger partial charge on any atom is 0.236 e. The Kier molecular flexibility index (Phi) is 10.7. The van der Waals surface area contributed by atoms with Gasteiger partial charge in [0.25, 0.3) is 0 Å². The van der Waals surface area contributed by atoms with E-state index in [1.807, 2.05) is 18.7 Å². The second-order valence-corrected chi connectivity index (χ2v) is 5.24. The van der Waals surface area contributed by atoms with Crippen LogP contribution in [0.4, 0.5) is 0 Å². The van der Waals surface area contributed by atoms with Crippen LogP contribution in [0.3, 0.4) is 0 Å². The highest BCUT2D eigenvalue weighted by molar-refractivity contribution is 7.98. The SMILES string of the molecule is COCCCNC(=O)C(C)NCC(C)CSC. The number of rotatable bonds is 10. The molecule has 1 amide bonds. The summed E-state index contributed by atoms with van der Waals surface area (Å²) in [4.78, 5) is 11.7. The van der Waals surface area contributed by atoms with E-state index in [0.717, 1.165) is 18.7 Å². The van der Waals surface area contributed by atoms with Gasteiger partial charge in [-0.2, -0.15) is 11.8 Å². The molecular formula is C12H26N2O2S. The smallest absolute Gasteiger partial charge is 0.236 e. The topological polar surface area (TPSA) is 50.4 Å². The van der Waals surface area contributed by atoms with Crippen molar-refractivity contribution in [3.05, 3.63) is 0 Å². The molecular weight excluding hydrogens is 236 g/mol. The normalized spacial score (nSPS) is 14.4. The Morgan fingerprint density at radius 3 is 2.71 bits per heavy atom. The highest BCUT2D eigenvalue weighted by Gasteiger charge is 2.12. The van der Waals surface area contributed by atoms with E-state index < -0.39 is 0 Å². The number of carbonyl (C=O) groups is 1. The number of amides is 1. The minimum absolute atomic E-state index is 0.0671. The molecule has 5 heteroatoms. The molecule has 0 heterocycles. The number of hydrogen-bond acceptors (Lipinski definition) is 4.